The fourth-order valence-electron chi connectivity index (χ4n) is 0.493. The van der Waals surface area contributed by atoms with Gasteiger partial charge in [-0.2, -0.15) is 0 Å². The normalized spacial score (nSPS) is 7.20. The summed E-state index contributed by atoms with van der Waals surface area (Å²) in [6.07, 6.45) is 0. The van der Waals surface area contributed by atoms with Gasteiger partial charge < -0.3 is 13.1 Å². The van der Waals surface area contributed by atoms with Gasteiger partial charge >= 0.3 is 37.7 Å². The quantitative estimate of drug-likeness (QED) is 0.343. The number of hydrogen-bond acceptors (Lipinski definition) is 2. The van der Waals surface area contributed by atoms with Gasteiger partial charge in [-0.15, -0.1) is 0 Å². The topological polar surface area (TPSA) is 40.5 Å². The average Bonchev–Trinajstić information content (AvgIpc) is 1.64. The molecular weight excluding hydrogens is 118 g/mol. The third-order valence-corrected chi connectivity index (χ3v) is 0.830. The molecule has 0 heterocycles. The molecule has 0 unspecified atom stereocenters. The van der Waals surface area contributed by atoms with Crippen LogP contribution in [0.4, 0.5) is 0 Å². The van der Waals surface area contributed by atoms with Gasteiger partial charge in [0.2, 0.25) is 0 Å². The molecule has 0 aromatic heterocycles. The molecule has 46 valence electrons. The van der Waals surface area contributed by atoms with Crippen molar-refractivity contribution >= 4 is 0 Å². The third kappa shape index (κ3) is 3.93. The smallest absolute Gasteiger partial charge is 1.00 e. The summed E-state index contributed by atoms with van der Waals surface area (Å²) in [7, 11) is 0. The molecule has 0 aliphatic heterocycles. The summed E-state index contributed by atoms with van der Waals surface area (Å²) in [5, 5.41) is 17.3. The number of hydrogen-bond donors (Lipinski definition) is 2. The predicted molar refractivity (Wildman–Crippen MR) is 32.0 cm³/mol. The summed E-state index contributed by atoms with van der Waals surface area (Å²) < 4.78 is 0. The van der Waals surface area contributed by atoms with Crippen LogP contribution in [0, 0.1) is 0 Å². The molecule has 1 aromatic rings. The van der Waals surface area contributed by atoms with Crippen molar-refractivity contribution in [1.82, 2.24) is 0 Å². The first-order valence-electron chi connectivity index (χ1n) is 2.27. The molecule has 1 aromatic carbocycles. The number of phenolic OH excluding ortho intramolecular Hbond substituents is 2. The van der Waals surface area contributed by atoms with Crippen molar-refractivity contribution in [3.8, 4) is 11.5 Å². The van der Waals surface area contributed by atoms with Gasteiger partial charge in [0.1, 0.15) is 11.5 Å². The standard InChI is InChI=1S/C6H6O2.2Li.2H/c7-5-2-1-3-6(8)4-5;;;;/h1-4,7-8H;;;;/q;2*+1;2*-1. The first kappa shape index (κ1) is 12.7. The van der Waals surface area contributed by atoms with Crippen molar-refractivity contribution in [3.05, 3.63) is 24.3 Å². The molecule has 0 aliphatic carbocycles. The fourth-order valence-corrected chi connectivity index (χ4v) is 0.493. The van der Waals surface area contributed by atoms with Gasteiger partial charge in [-0.25, -0.2) is 0 Å². The van der Waals surface area contributed by atoms with E-state index in [4.69, 9.17) is 10.2 Å². The van der Waals surface area contributed by atoms with E-state index >= 15 is 0 Å². The maximum absolute atomic E-state index is 8.65. The van der Waals surface area contributed by atoms with Crippen molar-refractivity contribution < 1.29 is 50.8 Å². The van der Waals surface area contributed by atoms with Gasteiger partial charge in [0.05, 0.1) is 0 Å². The van der Waals surface area contributed by atoms with Crippen molar-refractivity contribution in [2.24, 2.45) is 0 Å². The zero-order valence-electron chi connectivity index (χ0n) is 8.20. The van der Waals surface area contributed by atoms with E-state index in [1.54, 1.807) is 6.07 Å². The Balaban J connectivity index is -0.0000000800. The summed E-state index contributed by atoms with van der Waals surface area (Å²) in [5.74, 6) is 0.176. The second kappa shape index (κ2) is 5.77. The van der Waals surface area contributed by atoms with E-state index in [1.807, 2.05) is 0 Å². The Morgan fingerprint density at radius 1 is 1.00 bits per heavy atom. The number of aromatic hydroxyl groups is 2. The number of phenols is 2. The molecule has 0 radical (unpaired) electrons. The van der Waals surface area contributed by atoms with E-state index in [0.717, 1.165) is 0 Å². The van der Waals surface area contributed by atoms with E-state index in [0.29, 0.717) is 0 Å². The van der Waals surface area contributed by atoms with Crippen LogP contribution in [0.15, 0.2) is 24.3 Å². The zero-order valence-corrected chi connectivity index (χ0v) is 6.20. The Bertz CT molecular complexity index is 181. The molecule has 0 spiro atoms. The average molecular weight is 126 g/mol. The molecule has 0 atom stereocenters. The van der Waals surface area contributed by atoms with Crippen molar-refractivity contribution in [2.45, 2.75) is 0 Å². The molecule has 0 aliphatic rings. The molecule has 4 heteroatoms. The van der Waals surface area contributed by atoms with Crippen LogP contribution >= 0.6 is 0 Å². The minimum Gasteiger partial charge on any atom is -1.00 e. The largest absolute Gasteiger partial charge is 1.00 e. The minimum absolute atomic E-state index is 0. The van der Waals surface area contributed by atoms with Crippen molar-refractivity contribution in [1.29, 1.82) is 0 Å². The SMILES string of the molecule is Oc1cccc(O)c1.[H-].[H-].[Li+].[Li+]. The predicted octanol–water partition coefficient (Wildman–Crippen LogP) is -4.67. The monoisotopic (exact) mass is 126 g/mol. The van der Waals surface area contributed by atoms with Crippen LogP contribution < -0.4 is 37.7 Å². The molecule has 0 bridgehead atoms. The van der Waals surface area contributed by atoms with Gasteiger partial charge in [0, 0.05) is 6.07 Å². The van der Waals surface area contributed by atoms with Gasteiger partial charge in [-0.05, 0) is 12.1 Å². The van der Waals surface area contributed by atoms with Crippen LogP contribution in [0.3, 0.4) is 0 Å². The van der Waals surface area contributed by atoms with Crippen LogP contribution in [-0.2, 0) is 0 Å². The van der Waals surface area contributed by atoms with E-state index in [1.165, 1.54) is 18.2 Å². The minimum atomic E-state index is 0. The zero-order chi connectivity index (χ0) is 5.98. The van der Waals surface area contributed by atoms with Gasteiger partial charge in [-0.1, -0.05) is 6.07 Å². The van der Waals surface area contributed by atoms with Gasteiger partial charge in [0.25, 0.3) is 0 Å². The van der Waals surface area contributed by atoms with E-state index in [-0.39, 0.29) is 52.1 Å². The van der Waals surface area contributed by atoms with Crippen LogP contribution in [0.2, 0.25) is 0 Å². The molecule has 0 saturated heterocycles. The Hall–Kier alpha value is 0.0148. The van der Waals surface area contributed by atoms with Crippen molar-refractivity contribution in [2.75, 3.05) is 0 Å². The van der Waals surface area contributed by atoms with E-state index in [2.05, 4.69) is 0 Å². The Morgan fingerprint density at radius 3 is 1.60 bits per heavy atom. The van der Waals surface area contributed by atoms with E-state index < -0.39 is 0 Å². The molecule has 2 nitrogen and oxygen atoms in total. The van der Waals surface area contributed by atoms with Crippen LogP contribution in [0.5, 0.6) is 11.5 Å². The number of rotatable bonds is 0. The fraction of sp³-hybridized carbons (Fsp3) is 0. The molecule has 10 heavy (non-hydrogen) atoms. The Labute approximate surface area is 86.6 Å². The van der Waals surface area contributed by atoms with E-state index in [9.17, 15) is 0 Å². The molecular formula is C6H8Li2O2. The number of benzene rings is 1. The first-order valence-corrected chi connectivity index (χ1v) is 2.27. The Morgan fingerprint density at radius 2 is 1.40 bits per heavy atom. The first-order chi connectivity index (χ1) is 3.79. The van der Waals surface area contributed by atoms with Crippen molar-refractivity contribution in [3.63, 3.8) is 0 Å². The maximum atomic E-state index is 8.65. The maximum Gasteiger partial charge on any atom is 1.00 e. The summed E-state index contributed by atoms with van der Waals surface area (Å²) >= 11 is 0. The molecule has 0 saturated carbocycles. The molecule has 0 amide bonds. The summed E-state index contributed by atoms with van der Waals surface area (Å²) in [6, 6.07) is 5.85. The van der Waals surface area contributed by atoms with Gasteiger partial charge in [0.15, 0.2) is 0 Å². The summed E-state index contributed by atoms with van der Waals surface area (Å²) in [4.78, 5) is 0. The molecule has 0 fully saturated rings. The molecule has 1 rings (SSSR count). The van der Waals surface area contributed by atoms with Crippen LogP contribution in [-0.4, -0.2) is 10.2 Å². The summed E-state index contributed by atoms with van der Waals surface area (Å²) in [5.41, 5.74) is 0. The van der Waals surface area contributed by atoms with Gasteiger partial charge in [-0.3, -0.25) is 0 Å². The van der Waals surface area contributed by atoms with Crippen LogP contribution in [0.25, 0.3) is 0 Å². The summed E-state index contributed by atoms with van der Waals surface area (Å²) in [6.45, 7) is 0. The second-order valence-electron chi connectivity index (χ2n) is 1.52. The third-order valence-electron chi connectivity index (χ3n) is 0.830. The van der Waals surface area contributed by atoms with Crippen LogP contribution in [0.1, 0.15) is 2.85 Å². The Kier molecular flexibility index (Phi) is 7.32. The second-order valence-corrected chi connectivity index (χ2v) is 1.52. The molecule has 2 N–H and O–H groups in total.